The van der Waals surface area contributed by atoms with E-state index in [4.69, 9.17) is 5.73 Å². The largest absolute Gasteiger partial charge is 0.330 e. The number of thioether (sulfide) groups is 1. The van der Waals surface area contributed by atoms with E-state index in [2.05, 4.69) is 12.1 Å². The summed E-state index contributed by atoms with van der Waals surface area (Å²) in [5, 5.41) is 0. The van der Waals surface area contributed by atoms with E-state index in [1.54, 1.807) is 11.8 Å². The first-order valence-electron chi connectivity index (χ1n) is 5.06. The van der Waals surface area contributed by atoms with Crippen LogP contribution >= 0.6 is 11.8 Å². The normalized spacial score (nSPS) is 12.6. The summed E-state index contributed by atoms with van der Waals surface area (Å²) in [4.78, 5) is 1.24. The zero-order valence-electron chi connectivity index (χ0n) is 8.72. The quantitative estimate of drug-likeness (QED) is 0.744. The summed E-state index contributed by atoms with van der Waals surface area (Å²) in [6, 6.07) is 10.2. The fraction of sp³-hybridized carbons (Fsp3) is 0.455. The van der Waals surface area contributed by atoms with Crippen LogP contribution in [-0.2, 0) is 10.8 Å². The van der Waals surface area contributed by atoms with Crippen molar-refractivity contribution in [2.75, 3.05) is 23.8 Å². The van der Waals surface area contributed by atoms with E-state index < -0.39 is 10.8 Å². The molecule has 2 N–H and O–H groups in total. The predicted molar refractivity (Wildman–Crippen MR) is 68.7 cm³/mol. The predicted octanol–water partition coefficient (Wildman–Crippen LogP) is 1.88. The van der Waals surface area contributed by atoms with E-state index in [1.807, 2.05) is 18.2 Å². The van der Waals surface area contributed by atoms with Gasteiger partial charge in [0.2, 0.25) is 0 Å². The molecule has 0 fully saturated rings. The summed E-state index contributed by atoms with van der Waals surface area (Å²) in [6.07, 6.45) is 0.864. The van der Waals surface area contributed by atoms with Gasteiger partial charge in [-0.05, 0) is 25.1 Å². The highest BCUT2D eigenvalue weighted by Crippen LogP contribution is 2.16. The van der Waals surface area contributed by atoms with Crippen LogP contribution in [-0.4, -0.2) is 28.0 Å². The van der Waals surface area contributed by atoms with E-state index in [-0.39, 0.29) is 0 Å². The highest BCUT2D eigenvalue weighted by atomic mass is 32.2. The minimum Gasteiger partial charge on any atom is -0.330 e. The van der Waals surface area contributed by atoms with E-state index >= 15 is 0 Å². The highest BCUT2D eigenvalue weighted by molar-refractivity contribution is 8.00. The van der Waals surface area contributed by atoms with Gasteiger partial charge in [-0.1, -0.05) is 18.2 Å². The average molecular weight is 243 g/mol. The SMILES string of the molecule is NCCCS(=O)CCSc1ccccc1. The summed E-state index contributed by atoms with van der Waals surface area (Å²) in [5.74, 6) is 2.42. The molecule has 0 saturated heterocycles. The van der Waals surface area contributed by atoms with Crippen molar-refractivity contribution in [3.05, 3.63) is 30.3 Å². The number of hydrogen-bond acceptors (Lipinski definition) is 3. The van der Waals surface area contributed by atoms with Gasteiger partial charge in [-0.2, -0.15) is 0 Å². The van der Waals surface area contributed by atoms with Crippen LogP contribution < -0.4 is 5.73 Å². The van der Waals surface area contributed by atoms with E-state index in [9.17, 15) is 4.21 Å². The summed E-state index contributed by atoms with van der Waals surface area (Å²) in [6.45, 7) is 0.636. The van der Waals surface area contributed by atoms with Gasteiger partial charge in [-0.15, -0.1) is 11.8 Å². The molecule has 1 atom stereocenters. The van der Waals surface area contributed by atoms with Crippen molar-refractivity contribution < 1.29 is 4.21 Å². The fourth-order valence-electron chi connectivity index (χ4n) is 1.12. The van der Waals surface area contributed by atoms with Crippen LogP contribution in [0.25, 0.3) is 0 Å². The molecule has 2 nitrogen and oxygen atoms in total. The van der Waals surface area contributed by atoms with Gasteiger partial charge in [0, 0.05) is 33.0 Å². The molecule has 1 rings (SSSR count). The van der Waals surface area contributed by atoms with Gasteiger partial charge >= 0.3 is 0 Å². The molecule has 0 saturated carbocycles. The van der Waals surface area contributed by atoms with E-state index in [0.717, 1.165) is 23.7 Å². The molecule has 4 heteroatoms. The second-order valence-corrected chi connectivity index (χ2v) is 6.02. The molecule has 15 heavy (non-hydrogen) atoms. The van der Waals surface area contributed by atoms with Crippen LogP contribution in [0.3, 0.4) is 0 Å². The van der Waals surface area contributed by atoms with Crippen molar-refractivity contribution in [1.82, 2.24) is 0 Å². The summed E-state index contributed by atoms with van der Waals surface area (Å²) < 4.78 is 11.4. The Kier molecular flexibility index (Phi) is 6.72. The fourth-order valence-corrected chi connectivity index (χ4v) is 3.47. The van der Waals surface area contributed by atoms with Crippen LogP contribution in [0.4, 0.5) is 0 Å². The Morgan fingerprint density at radius 2 is 1.93 bits per heavy atom. The van der Waals surface area contributed by atoms with Crippen molar-refractivity contribution >= 4 is 22.6 Å². The summed E-state index contributed by atoms with van der Waals surface area (Å²) in [7, 11) is -0.694. The molecule has 0 heterocycles. The molecule has 0 bridgehead atoms. The first kappa shape index (κ1) is 12.7. The lowest BCUT2D eigenvalue weighted by molar-refractivity contribution is 0.681. The van der Waals surface area contributed by atoms with Crippen molar-refractivity contribution in [3.8, 4) is 0 Å². The van der Waals surface area contributed by atoms with E-state index in [0.29, 0.717) is 6.54 Å². The summed E-state index contributed by atoms with van der Waals surface area (Å²) in [5.41, 5.74) is 5.36. The smallest absolute Gasteiger partial charge is 0.0329 e. The maximum atomic E-state index is 11.4. The topological polar surface area (TPSA) is 43.1 Å². The minimum absolute atomic E-state index is 0.636. The molecule has 1 unspecified atom stereocenters. The minimum atomic E-state index is -0.694. The van der Waals surface area contributed by atoms with Crippen LogP contribution in [0, 0.1) is 0 Å². The molecule has 1 aromatic rings. The van der Waals surface area contributed by atoms with Gasteiger partial charge in [0.05, 0.1) is 0 Å². The Bertz CT molecular complexity index is 290. The Morgan fingerprint density at radius 1 is 1.20 bits per heavy atom. The van der Waals surface area contributed by atoms with E-state index in [1.165, 1.54) is 4.90 Å². The molecular formula is C11H17NOS2. The Morgan fingerprint density at radius 3 is 2.60 bits per heavy atom. The zero-order valence-corrected chi connectivity index (χ0v) is 10.4. The van der Waals surface area contributed by atoms with Gasteiger partial charge in [-0.25, -0.2) is 0 Å². The zero-order chi connectivity index (χ0) is 10.9. The molecule has 0 aliphatic heterocycles. The van der Waals surface area contributed by atoms with Gasteiger partial charge in [0.15, 0.2) is 0 Å². The molecule has 0 aromatic heterocycles. The molecule has 0 aliphatic rings. The van der Waals surface area contributed by atoms with Crippen LogP contribution in [0.1, 0.15) is 6.42 Å². The van der Waals surface area contributed by atoms with Gasteiger partial charge in [0.25, 0.3) is 0 Å². The maximum absolute atomic E-state index is 11.4. The van der Waals surface area contributed by atoms with Gasteiger partial charge in [0.1, 0.15) is 0 Å². The molecule has 0 spiro atoms. The lowest BCUT2D eigenvalue weighted by atomic mass is 10.4. The van der Waals surface area contributed by atoms with Gasteiger partial charge < -0.3 is 5.73 Å². The number of hydrogen-bond donors (Lipinski definition) is 1. The number of benzene rings is 1. The molecule has 0 amide bonds. The van der Waals surface area contributed by atoms with Crippen LogP contribution in [0.2, 0.25) is 0 Å². The Balaban J connectivity index is 2.14. The highest BCUT2D eigenvalue weighted by Gasteiger charge is 1.99. The monoisotopic (exact) mass is 243 g/mol. The third kappa shape index (κ3) is 5.97. The second kappa shape index (κ2) is 7.91. The third-order valence-electron chi connectivity index (χ3n) is 1.90. The standard InChI is InChI=1S/C11H17NOS2/c12-7-4-9-15(13)10-8-14-11-5-2-1-3-6-11/h1-3,5-6H,4,7-10,12H2. The second-order valence-electron chi connectivity index (χ2n) is 3.15. The average Bonchev–Trinajstić information content (AvgIpc) is 2.28. The molecule has 0 radical (unpaired) electrons. The summed E-state index contributed by atoms with van der Waals surface area (Å²) >= 11 is 1.76. The van der Waals surface area contributed by atoms with Crippen LogP contribution in [0.5, 0.6) is 0 Å². The molecular weight excluding hydrogens is 226 g/mol. The first-order chi connectivity index (χ1) is 7.33. The van der Waals surface area contributed by atoms with Crippen molar-refractivity contribution in [3.63, 3.8) is 0 Å². The van der Waals surface area contributed by atoms with Crippen molar-refractivity contribution in [2.24, 2.45) is 5.73 Å². The van der Waals surface area contributed by atoms with Crippen molar-refractivity contribution in [1.29, 1.82) is 0 Å². The number of nitrogens with two attached hydrogens (primary N) is 1. The lowest BCUT2D eigenvalue weighted by Gasteiger charge is -2.01. The molecule has 84 valence electrons. The van der Waals surface area contributed by atoms with Crippen LogP contribution in [0.15, 0.2) is 35.2 Å². The maximum Gasteiger partial charge on any atom is 0.0329 e. The molecule has 1 aromatic carbocycles. The number of rotatable bonds is 7. The third-order valence-corrected chi connectivity index (χ3v) is 4.57. The molecule has 0 aliphatic carbocycles. The Labute approximate surface area is 98.1 Å². The Hall–Kier alpha value is -0.320. The van der Waals surface area contributed by atoms with Crippen molar-refractivity contribution in [2.45, 2.75) is 11.3 Å². The first-order valence-corrected chi connectivity index (χ1v) is 7.53. The lowest BCUT2D eigenvalue weighted by Crippen LogP contribution is -2.09. The van der Waals surface area contributed by atoms with Gasteiger partial charge in [-0.3, -0.25) is 4.21 Å².